The van der Waals surface area contributed by atoms with E-state index in [1.165, 1.54) is 5.56 Å². The number of nitrogens with two attached hydrogens (primary N) is 1. The molecule has 0 bridgehead atoms. The van der Waals surface area contributed by atoms with Crippen LogP contribution in [0.2, 0.25) is 0 Å². The van der Waals surface area contributed by atoms with Gasteiger partial charge in [0.05, 0.1) is 6.04 Å². The van der Waals surface area contributed by atoms with Crippen molar-refractivity contribution in [3.8, 4) is 0 Å². The monoisotopic (exact) mass is 290 g/mol. The zero-order valence-corrected chi connectivity index (χ0v) is 13.0. The van der Waals surface area contributed by atoms with Crippen molar-refractivity contribution in [1.82, 2.24) is 14.8 Å². The molecule has 116 valence electrons. The van der Waals surface area contributed by atoms with E-state index in [0.717, 1.165) is 39.0 Å². The maximum absolute atomic E-state index is 12.2. The molecule has 2 rings (SSSR count). The maximum atomic E-state index is 12.2. The molecule has 5 nitrogen and oxygen atoms in total. The fourth-order valence-electron chi connectivity index (χ4n) is 2.83. The van der Waals surface area contributed by atoms with Gasteiger partial charge in [-0.25, -0.2) is 0 Å². The van der Waals surface area contributed by atoms with Gasteiger partial charge in [-0.2, -0.15) is 0 Å². The zero-order valence-electron chi connectivity index (χ0n) is 13.0. The van der Waals surface area contributed by atoms with Crippen molar-refractivity contribution in [2.45, 2.75) is 38.8 Å². The van der Waals surface area contributed by atoms with Gasteiger partial charge in [-0.05, 0) is 25.0 Å². The lowest BCUT2D eigenvalue weighted by molar-refractivity contribution is -0.134. The van der Waals surface area contributed by atoms with Crippen LogP contribution < -0.4 is 5.73 Å². The molecule has 21 heavy (non-hydrogen) atoms. The Balaban J connectivity index is 1.87. The zero-order chi connectivity index (χ0) is 15.2. The largest absolute Gasteiger partial charge is 0.339 e. The molecule has 0 aliphatic carbocycles. The average Bonchev–Trinajstić information content (AvgIpc) is 2.54. The number of amides is 1. The van der Waals surface area contributed by atoms with E-state index in [0.29, 0.717) is 6.04 Å². The minimum atomic E-state index is -0.336. The Morgan fingerprint density at radius 3 is 2.67 bits per heavy atom. The second-order valence-electron chi connectivity index (χ2n) is 5.72. The van der Waals surface area contributed by atoms with Gasteiger partial charge in [0.1, 0.15) is 0 Å². The molecule has 2 heterocycles. The van der Waals surface area contributed by atoms with E-state index in [1.54, 1.807) is 6.20 Å². The molecule has 0 aromatic carbocycles. The average molecular weight is 290 g/mol. The van der Waals surface area contributed by atoms with Gasteiger partial charge in [0, 0.05) is 44.6 Å². The SMILES string of the molecule is CCCC(N)C(=O)N1CCN(C(C)c2cccnc2)CC1. The van der Waals surface area contributed by atoms with Gasteiger partial charge in [-0.1, -0.05) is 19.4 Å². The predicted molar refractivity (Wildman–Crippen MR) is 83.7 cm³/mol. The molecule has 0 spiro atoms. The number of carbonyl (C=O) groups is 1. The van der Waals surface area contributed by atoms with E-state index in [1.807, 2.05) is 17.2 Å². The molecule has 1 saturated heterocycles. The molecule has 1 fully saturated rings. The van der Waals surface area contributed by atoms with Crippen LogP contribution >= 0.6 is 0 Å². The van der Waals surface area contributed by atoms with E-state index in [2.05, 4.69) is 29.8 Å². The van der Waals surface area contributed by atoms with Crippen molar-refractivity contribution in [2.75, 3.05) is 26.2 Å². The van der Waals surface area contributed by atoms with Crippen LogP contribution in [0.3, 0.4) is 0 Å². The van der Waals surface area contributed by atoms with Crippen LogP contribution in [-0.2, 0) is 4.79 Å². The number of aromatic nitrogens is 1. The first kappa shape index (κ1) is 15.9. The van der Waals surface area contributed by atoms with Crippen molar-refractivity contribution in [2.24, 2.45) is 5.73 Å². The first-order valence-corrected chi connectivity index (χ1v) is 7.81. The summed E-state index contributed by atoms with van der Waals surface area (Å²) in [5.41, 5.74) is 7.15. The van der Waals surface area contributed by atoms with Crippen LogP contribution in [0.4, 0.5) is 0 Å². The summed E-state index contributed by atoms with van der Waals surface area (Å²) < 4.78 is 0. The van der Waals surface area contributed by atoms with Crippen molar-refractivity contribution >= 4 is 5.91 Å². The molecule has 2 atom stereocenters. The highest BCUT2D eigenvalue weighted by Crippen LogP contribution is 2.20. The fourth-order valence-corrected chi connectivity index (χ4v) is 2.83. The molecule has 0 radical (unpaired) electrons. The highest BCUT2D eigenvalue weighted by atomic mass is 16.2. The summed E-state index contributed by atoms with van der Waals surface area (Å²) in [6, 6.07) is 4.07. The summed E-state index contributed by atoms with van der Waals surface area (Å²) in [5.74, 6) is 0.102. The molecule has 1 aromatic heterocycles. The van der Waals surface area contributed by atoms with E-state index in [4.69, 9.17) is 5.73 Å². The van der Waals surface area contributed by atoms with E-state index < -0.39 is 0 Å². The predicted octanol–water partition coefficient (Wildman–Crippen LogP) is 1.41. The Labute approximate surface area is 127 Å². The van der Waals surface area contributed by atoms with Crippen LogP contribution in [0.25, 0.3) is 0 Å². The molecule has 1 amide bonds. The Kier molecular flexibility index (Phi) is 5.70. The number of pyridine rings is 1. The Morgan fingerprint density at radius 1 is 1.38 bits per heavy atom. The number of hydrogen-bond donors (Lipinski definition) is 1. The van der Waals surface area contributed by atoms with Gasteiger partial charge in [-0.15, -0.1) is 0 Å². The van der Waals surface area contributed by atoms with Crippen molar-refractivity contribution in [3.05, 3.63) is 30.1 Å². The van der Waals surface area contributed by atoms with Crippen LogP contribution in [-0.4, -0.2) is 52.9 Å². The molecule has 0 saturated carbocycles. The lowest BCUT2D eigenvalue weighted by Gasteiger charge is -2.38. The lowest BCUT2D eigenvalue weighted by Crippen LogP contribution is -2.53. The molecular weight excluding hydrogens is 264 g/mol. The number of rotatable bonds is 5. The minimum Gasteiger partial charge on any atom is -0.339 e. The van der Waals surface area contributed by atoms with Gasteiger partial charge in [0.2, 0.25) is 5.91 Å². The smallest absolute Gasteiger partial charge is 0.239 e. The third-order valence-corrected chi connectivity index (χ3v) is 4.26. The standard InChI is InChI=1S/C16H26N4O/c1-3-5-15(17)16(21)20-10-8-19(9-11-20)13(2)14-6-4-7-18-12-14/h4,6-7,12-13,15H,3,5,8-11,17H2,1-2H3. The van der Waals surface area contributed by atoms with Gasteiger partial charge in [0.15, 0.2) is 0 Å². The molecule has 2 N–H and O–H groups in total. The highest BCUT2D eigenvalue weighted by molar-refractivity contribution is 5.81. The second kappa shape index (κ2) is 7.52. The molecule has 1 aliphatic rings. The topological polar surface area (TPSA) is 62.5 Å². The Hall–Kier alpha value is -1.46. The molecule has 1 aromatic rings. The summed E-state index contributed by atoms with van der Waals surface area (Å²) >= 11 is 0. The van der Waals surface area contributed by atoms with Crippen LogP contribution in [0.15, 0.2) is 24.5 Å². The number of hydrogen-bond acceptors (Lipinski definition) is 4. The Bertz CT molecular complexity index is 443. The molecular formula is C16H26N4O. The lowest BCUT2D eigenvalue weighted by atomic mass is 10.1. The summed E-state index contributed by atoms with van der Waals surface area (Å²) in [5, 5.41) is 0. The quantitative estimate of drug-likeness (QED) is 0.891. The molecule has 1 aliphatic heterocycles. The molecule has 5 heteroatoms. The van der Waals surface area contributed by atoms with Gasteiger partial charge in [0.25, 0.3) is 0 Å². The summed E-state index contributed by atoms with van der Waals surface area (Å²) in [7, 11) is 0. The van der Waals surface area contributed by atoms with Crippen LogP contribution in [0.1, 0.15) is 38.3 Å². The Morgan fingerprint density at radius 2 is 2.10 bits per heavy atom. The summed E-state index contributed by atoms with van der Waals surface area (Å²) in [6.45, 7) is 7.56. The highest BCUT2D eigenvalue weighted by Gasteiger charge is 2.27. The van der Waals surface area contributed by atoms with Crippen LogP contribution in [0, 0.1) is 0 Å². The minimum absolute atomic E-state index is 0.102. The number of carbonyl (C=O) groups excluding carboxylic acids is 1. The van der Waals surface area contributed by atoms with E-state index in [9.17, 15) is 4.79 Å². The van der Waals surface area contributed by atoms with Gasteiger partial charge < -0.3 is 10.6 Å². The van der Waals surface area contributed by atoms with Crippen molar-refractivity contribution in [1.29, 1.82) is 0 Å². The number of nitrogens with zero attached hydrogens (tertiary/aromatic N) is 3. The van der Waals surface area contributed by atoms with Crippen molar-refractivity contribution in [3.63, 3.8) is 0 Å². The van der Waals surface area contributed by atoms with Crippen LogP contribution in [0.5, 0.6) is 0 Å². The number of piperazine rings is 1. The van der Waals surface area contributed by atoms with Gasteiger partial charge in [-0.3, -0.25) is 14.7 Å². The third kappa shape index (κ3) is 4.02. The van der Waals surface area contributed by atoms with E-state index >= 15 is 0 Å². The second-order valence-corrected chi connectivity index (χ2v) is 5.72. The molecule has 2 unspecified atom stereocenters. The van der Waals surface area contributed by atoms with Gasteiger partial charge >= 0.3 is 0 Å². The third-order valence-electron chi connectivity index (χ3n) is 4.26. The normalized spacial score (nSPS) is 19.3. The fraction of sp³-hybridized carbons (Fsp3) is 0.625. The van der Waals surface area contributed by atoms with E-state index in [-0.39, 0.29) is 11.9 Å². The van der Waals surface area contributed by atoms with Crippen molar-refractivity contribution < 1.29 is 4.79 Å². The summed E-state index contributed by atoms with van der Waals surface area (Å²) in [6.07, 6.45) is 5.43. The first-order chi connectivity index (χ1) is 10.1. The summed E-state index contributed by atoms with van der Waals surface area (Å²) in [4.78, 5) is 20.7. The first-order valence-electron chi connectivity index (χ1n) is 7.81. The maximum Gasteiger partial charge on any atom is 0.239 e.